The smallest absolute Gasteiger partial charge is 0.136 e. The van der Waals surface area contributed by atoms with Crippen molar-refractivity contribution in [3.8, 4) is 0 Å². The van der Waals surface area contributed by atoms with Crippen molar-refractivity contribution in [3.63, 3.8) is 0 Å². The first-order valence-corrected chi connectivity index (χ1v) is 4.58. The maximum atomic E-state index is 5.74. The van der Waals surface area contributed by atoms with Gasteiger partial charge in [-0.05, 0) is 17.0 Å². The van der Waals surface area contributed by atoms with Gasteiger partial charge in [0, 0.05) is 13.1 Å². The number of aromatic nitrogens is 3. The Balaban J connectivity index is 2.69. The highest BCUT2D eigenvalue weighted by molar-refractivity contribution is 5.55. The van der Waals surface area contributed by atoms with Crippen LogP contribution in [0.25, 0.3) is 5.52 Å². The average Bonchev–Trinajstić information content (AvgIpc) is 2.48. The zero-order valence-corrected chi connectivity index (χ0v) is 8.65. The predicted molar refractivity (Wildman–Crippen MR) is 55.1 cm³/mol. The molecule has 14 heavy (non-hydrogen) atoms. The predicted octanol–water partition coefficient (Wildman–Crippen LogP) is 2.09. The molecule has 3 heteroatoms. The second kappa shape index (κ2) is 2.80. The Labute approximate surface area is 83.8 Å². The van der Waals surface area contributed by atoms with Crippen molar-refractivity contribution in [2.24, 2.45) is 0 Å². The lowest BCUT2D eigenvalue weighted by Gasteiger charge is -2.15. The summed E-state index contributed by atoms with van der Waals surface area (Å²) in [6, 6.07) is 2.04. The van der Waals surface area contributed by atoms with Crippen LogP contribution in [-0.4, -0.2) is 14.6 Å². The summed E-state index contributed by atoms with van der Waals surface area (Å²) in [4.78, 5) is 3.95. The van der Waals surface area contributed by atoms with Crippen LogP contribution in [0.3, 0.4) is 0 Å². The van der Waals surface area contributed by atoms with Gasteiger partial charge in [-0.2, -0.15) is 5.10 Å². The van der Waals surface area contributed by atoms with Crippen molar-refractivity contribution in [2.75, 3.05) is 0 Å². The van der Waals surface area contributed by atoms with Crippen molar-refractivity contribution in [3.05, 3.63) is 36.8 Å². The van der Waals surface area contributed by atoms with Crippen LogP contribution >= 0.6 is 0 Å². The highest BCUT2D eigenvalue weighted by Gasteiger charge is 2.16. The second-order valence-corrected chi connectivity index (χ2v) is 4.45. The molecule has 0 spiro atoms. The molecular formula is C11H13N3. The molecule has 0 saturated heterocycles. The van der Waals surface area contributed by atoms with Gasteiger partial charge < -0.3 is 0 Å². The molecule has 0 aliphatic rings. The van der Waals surface area contributed by atoms with Gasteiger partial charge in [-0.25, -0.2) is 9.50 Å². The van der Waals surface area contributed by atoms with Crippen LogP contribution in [0.2, 0.25) is 0 Å². The van der Waals surface area contributed by atoms with E-state index in [-0.39, 0.29) is 5.41 Å². The van der Waals surface area contributed by atoms with Crippen molar-refractivity contribution in [1.29, 1.82) is 0 Å². The fourth-order valence-corrected chi connectivity index (χ4v) is 1.36. The van der Waals surface area contributed by atoms with Crippen LogP contribution in [0, 0.1) is 6.92 Å². The average molecular weight is 187 g/mol. The topological polar surface area (TPSA) is 30.2 Å². The summed E-state index contributed by atoms with van der Waals surface area (Å²) in [6.45, 7) is 12.2. The van der Waals surface area contributed by atoms with Gasteiger partial charge in [0.1, 0.15) is 6.33 Å². The molecule has 0 unspecified atom stereocenters. The number of hydrogen-bond donors (Lipinski definition) is 0. The SMILES string of the molecule is [CH]c1ncnn2cc(C(C)(C)C)cc12. The molecule has 0 aliphatic heterocycles. The van der Waals surface area contributed by atoms with Gasteiger partial charge in [0.25, 0.3) is 0 Å². The van der Waals surface area contributed by atoms with Gasteiger partial charge in [0.2, 0.25) is 0 Å². The zero-order chi connectivity index (χ0) is 10.3. The maximum Gasteiger partial charge on any atom is 0.136 e. The van der Waals surface area contributed by atoms with E-state index in [2.05, 4.69) is 30.9 Å². The molecular weight excluding hydrogens is 174 g/mol. The van der Waals surface area contributed by atoms with Gasteiger partial charge >= 0.3 is 0 Å². The summed E-state index contributed by atoms with van der Waals surface area (Å²) < 4.78 is 1.77. The summed E-state index contributed by atoms with van der Waals surface area (Å²) >= 11 is 0. The monoisotopic (exact) mass is 187 g/mol. The van der Waals surface area contributed by atoms with Crippen LogP contribution in [0.1, 0.15) is 32.0 Å². The quantitative estimate of drug-likeness (QED) is 0.632. The highest BCUT2D eigenvalue weighted by atomic mass is 15.2. The summed E-state index contributed by atoms with van der Waals surface area (Å²) in [5.41, 5.74) is 2.72. The lowest BCUT2D eigenvalue weighted by Crippen LogP contribution is -2.09. The van der Waals surface area contributed by atoms with E-state index in [1.54, 1.807) is 4.52 Å². The number of fused-ring (bicyclic) bond motifs is 1. The third-order valence-electron chi connectivity index (χ3n) is 2.30. The molecule has 0 saturated carbocycles. The van der Waals surface area contributed by atoms with Crippen LogP contribution in [0.15, 0.2) is 18.6 Å². The van der Waals surface area contributed by atoms with E-state index in [4.69, 9.17) is 6.92 Å². The zero-order valence-electron chi connectivity index (χ0n) is 8.65. The van der Waals surface area contributed by atoms with Crippen LogP contribution < -0.4 is 0 Å². The van der Waals surface area contributed by atoms with Crippen LogP contribution in [0.5, 0.6) is 0 Å². The number of nitrogens with zero attached hydrogens (tertiary/aromatic N) is 3. The summed E-state index contributed by atoms with van der Waals surface area (Å²) in [7, 11) is 0. The highest BCUT2D eigenvalue weighted by Crippen LogP contribution is 2.24. The van der Waals surface area contributed by atoms with Gasteiger partial charge in [0.05, 0.1) is 11.2 Å². The van der Waals surface area contributed by atoms with Gasteiger partial charge in [-0.3, -0.25) is 0 Å². The van der Waals surface area contributed by atoms with Crippen molar-refractivity contribution in [2.45, 2.75) is 26.2 Å². The van der Waals surface area contributed by atoms with Crippen molar-refractivity contribution in [1.82, 2.24) is 14.6 Å². The molecule has 0 bridgehead atoms. The maximum absolute atomic E-state index is 5.74. The van der Waals surface area contributed by atoms with Crippen LogP contribution in [-0.2, 0) is 5.41 Å². The Kier molecular flexibility index (Phi) is 1.84. The Bertz CT molecular complexity index is 463. The molecule has 3 nitrogen and oxygen atoms in total. The molecule has 72 valence electrons. The fourth-order valence-electron chi connectivity index (χ4n) is 1.36. The number of rotatable bonds is 0. The van der Waals surface area contributed by atoms with E-state index in [1.807, 2.05) is 12.3 Å². The minimum absolute atomic E-state index is 0.111. The Morgan fingerprint density at radius 3 is 2.64 bits per heavy atom. The van der Waals surface area contributed by atoms with E-state index in [1.165, 1.54) is 11.9 Å². The fraction of sp³-hybridized carbons (Fsp3) is 0.364. The molecule has 2 aromatic heterocycles. The molecule has 0 fully saturated rings. The van der Waals surface area contributed by atoms with E-state index >= 15 is 0 Å². The summed E-state index contributed by atoms with van der Waals surface area (Å²) in [5, 5.41) is 4.10. The Morgan fingerprint density at radius 1 is 1.36 bits per heavy atom. The van der Waals surface area contributed by atoms with Gasteiger partial charge in [-0.15, -0.1) is 0 Å². The lowest BCUT2D eigenvalue weighted by molar-refractivity contribution is 0.589. The third kappa shape index (κ3) is 1.39. The molecule has 0 N–H and O–H groups in total. The molecule has 2 radical (unpaired) electrons. The Morgan fingerprint density at radius 2 is 2.07 bits per heavy atom. The third-order valence-corrected chi connectivity index (χ3v) is 2.30. The molecule has 0 aromatic carbocycles. The molecule has 2 aromatic rings. The second-order valence-electron chi connectivity index (χ2n) is 4.45. The van der Waals surface area contributed by atoms with E-state index < -0.39 is 0 Å². The van der Waals surface area contributed by atoms with Gasteiger partial charge in [-0.1, -0.05) is 20.8 Å². The van der Waals surface area contributed by atoms with Crippen molar-refractivity contribution < 1.29 is 0 Å². The normalized spacial score (nSPS) is 12.3. The first-order chi connectivity index (χ1) is 6.48. The summed E-state index contributed by atoms with van der Waals surface area (Å²) in [5.74, 6) is 0. The lowest BCUT2D eigenvalue weighted by atomic mass is 9.89. The minimum Gasteiger partial charge on any atom is -0.237 e. The molecule has 0 aliphatic carbocycles. The molecule has 2 rings (SSSR count). The molecule has 0 atom stereocenters. The van der Waals surface area contributed by atoms with Crippen LogP contribution in [0.4, 0.5) is 0 Å². The molecule has 0 amide bonds. The van der Waals surface area contributed by atoms with Crippen molar-refractivity contribution >= 4 is 5.52 Å². The Hall–Kier alpha value is -1.38. The minimum atomic E-state index is 0.111. The van der Waals surface area contributed by atoms with E-state index in [0.717, 1.165) is 5.52 Å². The first kappa shape index (κ1) is 9.19. The first-order valence-electron chi connectivity index (χ1n) is 4.58. The van der Waals surface area contributed by atoms with E-state index in [9.17, 15) is 0 Å². The van der Waals surface area contributed by atoms with Gasteiger partial charge in [0.15, 0.2) is 0 Å². The van der Waals surface area contributed by atoms with E-state index in [0.29, 0.717) is 5.69 Å². The molecule has 2 heterocycles. The standard InChI is InChI=1S/C11H13N3/c1-8-10-5-9(11(2,3)4)6-14(10)13-7-12-8/h1,5-7H,2-4H3. The summed E-state index contributed by atoms with van der Waals surface area (Å²) in [6.07, 6.45) is 3.46. The number of hydrogen-bond acceptors (Lipinski definition) is 2. The largest absolute Gasteiger partial charge is 0.237 e.